The zero-order valence-corrected chi connectivity index (χ0v) is 10.7. The zero-order chi connectivity index (χ0) is 14.7. The summed E-state index contributed by atoms with van der Waals surface area (Å²) in [5.74, 6) is 0.751. The standard InChI is InChI=1S/C12H10N6O3/c19-18(20)11-4-3-9(21-11)6-15-10-2-1-5-14-12(10)17-8-13-7-16-17/h1-5,7-8,15H,6H2. The maximum Gasteiger partial charge on any atom is 0.433 e. The highest BCUT2D eigenvalue weighted by molar-refractivity contribution is 5.56. The van der Waals surface area contributed by atoms with Crippen molar-refractivity contribution in [2.75, 3.05) is 5.32 Å². The Hall–Kier alpha value is -3.23. The molecule has 0 aliphatic heterocycles. The van der Waals surface area contributed by atoms with E-state index in [1.54, 1.807) is 18.3 Å². The molecule has 0 bridgehead atoms. The first-order valence-electron chi connectivity index (χ1n) is 6.01. The van der Waals surface area contributed by atoms with Crippen LogP contribution in [0.3, 0.4) is 0 Å². The summed E-state index contributed by atoms with van der Waals surface area (Å²) in [5.41, 5.74) is 0.710. The first kappa shape index (κ1) is 12.8. The molecule has 1 N–H and O–H groups in total. The predicted molar refractivity (Wildman–Crippen MR) is 71.8 cm³/mol. The Kier molecular flexibility index (Phi) is 3.29. The van der Waals surface area contributed by atoms with E-state index in [0.29, 0.717) is 23.8 Å². The molecular weight excluding hydrogens is 276 g/mol. The van der Waals surface area contributed by atoms with Crippen LogP contribution in [-0.2, 0) is 6.54 Å². The first-order valence-corrected chi connectivity index (χ1v) is 6.01. The molecule has 3 rings (SSSR count). The lowest BCUT2D eigenvalue weighted by Crippen LogP contribution is -2.06. The van der Waals surface area contributed by atoms with Crippen molar-refractivity contribution in [1.82, 2.24) is 19.7 Å². The number of hydrogen-bond donors (Lipinski definition) is 1. The van der Waals surface area contributed by atoms with E-state index in [4.69, 9.17) is 4.42 Å². The zero-order valence-electron chi connectivity index (χ0n) is 10.7. The summed E-state index contributed by atoms with van der Waals surface area (Å²) < 4.78 is 6.60. The number of nitrogens with one attached hydrogen (secondary N) is 1. The number of aromatic nitrogens is 4. The van der Waals surface area contributed by atoms with Crippen LogP contribution in [0.5, 0.6) is 0 Å². The monoisotopic (exact) mass is 286 g/mol. The molecule has 3 aromatic rings. The van der Waals surface area contributed by atoms with E-state index < -0.39 is 4.92 Å². The van der Waals surface area contributed by atoms with E-state index in [9.17, 15) is 10.1 Å². The van der Waals surface area contributed by atoms with Gasteiger partial charge >= 0.3 is 5.88 Å². The fraction of sp³-hybridized carbons (Fsp3) is 0.0833. The first-order chi connectivity index (χ1) is 10.2. The predicted octanol–water partition coefficient (Wildman–Crippen LogP) is 1.78. The maximum atomic E-state index is 10.6. The minimum absolute atomic E-state index is 0.283. The van der Waals surface area contributed by atoms with Crippen LogP contribution < -0.4 is 5.32 Å². The van der Waals surface area contributed by atoms with Gasteiger partial charge in [-0.1, -0.05) is 0 Å². The van der Waals surface area contributed by atoms with Crippen molar-refractivity contribution in [1.29, 1.82) is 0 Å². The normalized spacial score (nSPS) is 10.5. The molecule has 0 spiro atoms. The van der Waals surface area contributed by atoms with Crippen LogP contribution in [0, 0.1) is 10.1 Å². The van der Waals surface area contributed by atoms with Crippen LogP contribution in [0.15, 0.2) is 47.5 Å². The molecule has 9 nitrogen and oxygen atoms in total. The van der Waals surface area contributed by atoms with Gasteiger partial charge in [-0.25, -0.2) is 14.6 Å². The van der Waals surface area contributed by atoms with Gasteiger partial charge in [0.05, 0.1) is 18.3 Å². The number of anilines is 1. The highest BCUT2D eigenvalue weighted by atomic mass is 16.6. The third-order valence-electron chi connectivity index (χ3n) is 2.70. The Morgan fingerprint density at radius 3 is 3.00 bits per heavy atom. The molecule has 3 aromatic heterocycles. The fourth-order valence-electron chi connectivity index (χ4n) is 1.78. The van der Waals surface area contributed by atoms with Crippen molar-refractivity contribution in [3.8, 4) is 5.82 Å². The quantitative estimate of drug-likeness (QED) is 0.561. The Bertz CT molecular complexity index is 752. The van der Waals surface area contributed by atoms with E-state index in [0.717, 1.165) is 0 Å². The smallest absolute Gasteiger partial charge is 0.404 e. The number of nitro groups is 1. The van der Waals surface area contributed by atoms with Gasteiger partial charge in [-0.05, 0) is 18.2 Å². The lowest BCUT2D eigenvalue weighted by molar-refractivity contribution is -0.402. The molecule has 21 heavy (non-hydrogen) atoms. The Morgan fingerprint density at radius 2 is 2.29 bits per heavy atom. The average molecular weight is 286 g/mol. The molecule has 0 saturated carbocycles. The van der Waals surface area contributed by atoms with Crippen LogP contribution in [0.1, 0.15) is 5.76 Å². The summed E-state index contributed by atoms with van der Waals surface area (Å²) in [5, 5.41) is 17.7. The van der Waals surface area contributed by atoms with Crippen LogP contribution in [-0.4, -0.2) is 24.7 Å². The fourth-order valence-corrected chi connectivity index (χ4v) is 1.78. The van der Waals surface area contributed by atoms with Crippen molar-refractivity contribution < 1.29 is 9.34 Å². The van der Waals surface area contributed by atoms with Crippen LogP contribution in [0.25, 0.3) is 5.82 Å². The number of rotatable bonds is 5. The lowest BCUT2D eigenvalue weighted by Gasteiger charge is -2.09. The van der Waals surface area contributed by atoms with Gasteiger partial charge < -0.3 is 9.73 Å². The van der Waals surface area contributed by atoms with Gasteiger partial charge in [0.15, 0.2) is 5.82 Å². The summed E-state index contributed by atoms with van der Waals surface area (Å²) in [7, 11) is 0. The van der Waals surface area contributed by atoms with Crippen LogP contribution >= 0.6 is 0 Å². The molecule has 0 radical (unpaired) electrons. The molecule has 0 aromatic carbocycles. The molecule has 0 unspecified atom stereocenters. The van der Waals surface area contributed by atoms with Gasteiger partial charge in [0.2, 0.25) is 0 Å². The van der Waals surface area contributed by atoms with E-state index in [1.807, 2.05) is 6.07 Å². The third kappa shape index (κ3) is 2.71. The molecule has 0 aliphatic rings. The molecule has 0 saturated heterocycles. The van der Waals surface area contributed by atoms with Crippen molar-refractivity contribution in [3.05, 3.63) is 59.0 Å². The highest BCUT2D eigenvalue weighted by Crippen LogP contribution is 2.19. The number of furan rings is 1. The molecule has 0 fully saturated rings. The number of nitrogens with zero attached hydrogens (tertiary/aromatic N) is 5. The van der Waals surface area contributed by atoms with Gasteiger partial charge in [0, 0.05) is 6.20 Å². The van der Waals surface area contributed by atoms with Crippen molar-refractivity contribution in [2.24, 2.45) is 0 Å². The second kappa shape index (κ2) is 5.41. The molecular formula is C12H10N6O3. The van der Waals surface area contributed by atoms with E-state index in [1.165, 1.54) is 23.4 Å². The second-order valence-electron chi connectivity index (χ2n) is 4.07. The Balaban J connectivity index is 1.77. The van der Waals surface area contributed by atoms with Gasteiger partial charge in [-0.3, -0.25) is 10.1 Å². The molecule has 9 heteroatoms. The van der Waals surface area contributed by atoms with Crippen molar-refractivity contribution in [2.45, 2.75) is 6.54 Å². The van der Waals surface area contributed by atoms with E-state index >= 15 is 0 Å². The largest absolute Gasteiger partial charge is 0.433 e. The van der Waals surface area contributed by atoms with Crippen molar-refractivity contribution in [3.63, 3.8) is 0 Å². The Labute approximate surface area is 118 Å². The van der Waals surface area contributed by atoms with Gasteiger partial charge in [0.1, 0.15) is 23.3 Å². The third-order valence-corrected chi connectivity index (χ3v) is 2.70. The minimum atomic E-state index is -0.575. The molecule has 3 heterocycles. The number of hydrogen-bond acceptors (Lipinski definition) is 7. The summed E-state index contributed by atoms with van der Waals surface area (Å²) >= 11 is 0. The van der Waals surface area contributed by atoms with E-state index in [-0.39, 0.29) is 5.88 Å². The highest BCUT2D eigenvalue weighted by Gasteiger charge is 2.12. The van der Waals surface area contributed by atoms with Crippen LogP contribution in [0.2, 0.25) is 0 Å². The molecule has 0 aliphatic carbocycles. The summed E-state index contributed by atoms with van der Waals surface area (Å²) in [6.07, 6.45) is 4.58. The van der Waals surface area contributed by atoms with E-state index in [2.05, 4.69) is 20.4 Å². The van der Waals surface area contributed by atoms with Gasteiger partial charge in [0.25, 0.3) is 0 Å². The number of pyridine rings is 1. The summed E-state index contributed by atoms with van der Waals surface area (Å²) in [6.45, 7) is 0.293. The summed E-state index contributed by atoms with van der Waals surface area (Å²) in [4.78, 5) is 18.1. The molecule has 0 atom stereocenters. The molecule has 106 valence electrons. The van der Waals surface area contributed by atoms with Gasteiger partial charge in [-0.2, -0.15) is 5.10 Å². The lowest BCUT2D eigenvalue weighted by atomic mass is 10.3. The molecule has 0 amide bonds. The topological polar surface area (TPSA) is 112 Å². The average Bonchev–Trinajstić information content (AvgIpc) is 3.17. The minimum Gasteiger partial charge on any atom is -0.404 e. The van der Waals surface area contributed by atoms with Crippen LogP contribution in [0.4, 0.5) is 11.6 Å². The SMILES string of the molecule is O=[N+]([O-])c1ccc(CNc2cccnc2-n2cncn2)o1. The van der Waals surface area contributed by atoms with Gasteiger partial charge in [-0.15, -0.1) is 0 Å². The second-order valence-corrected chi connectivity index (χ2v) is 4.07. The summed E-state index contributed by atoms with van der Waals surface area (Å²) in [6, 6.07) is 6.46. The maximum absolute atomic E-state index is 10.6. The Morgan fingerprint density at radius 1 is 1.38 bits per heavy atom. The van der Waals surface area contributed by atoms with Crippen molar-refractivity contribution >= 4 is 11.6 Å².